The minimum atomic E-state index is -1.15. The molecule has 11 nitrogen and oxygen atoms in total. The van der Waals surface area contributed by atoms with Crippen LogP contribution in [0.5, 0.6) is 5.75 Å². The number of hydrogen-bond acceptors (Lipinski definition) is 8. The molecule has 2 amide bonds. The number of carboxylic acids is 1. The summed E-state index contributed by atoms with van der Waals surface area (Å²) in [5.41, 5.74) is 3.44. The number of alkyl carbamates (subject to hydrolysis) is 2. The van der Waals surface area contributed by atoms with E-state index in [9.17, 15) is 19.5 Å². The molecule has 0 spiro atoms. The van der Waals surface area contributed by atoms with Crippen LogP contribution in [0.3, 0.4) is 0 Å². The Morgan fingerprint density at radius 2 is 1.38 bits per heavy atom. The van der Waals surface area contributed by atoms with Gasteiger partial charge in [-0.05, 0) is 88.1 Å². The van der Waals surface area contributed by atoms with Crippen molar-refractivity contribution in [2.75, 3.05) is 19.8 Å². The van der Waals surface area contributed by atoms with Crippen LogP contribution in [-0.2, 0) is 19.0 Å². The zero-order valence-corrected chi connectivity index (χ0v) is 27.7. The molecule has 0 fully saturated rings. The average molecular weight is 646 g/mol. The van der Waals surface area contributed by atoms with E-state index in [2.05, 4.69) is 15.6 Å². The van der Waals surface area contributed by atoms with E-state index in [1.807, 2.05) is 48.5 Å². The molecule has 0 aliphatic heterocycles. The summed E-state index contributed by atoms with van der Waals surface area (Å²) in [6, 6.07) is 21.6. The summed E-state index contributed by atoms with van der Waals surface area (Å²) in [5.74, 6) is -0.752. The van der Waals surface area contributed by atoms with E-state index >= 15 is 0 Å². The molecule has 0 saturated heterocycles. The molecular weight excluding hydrogens is 602 g/mol. The van der Waals surface area contributed by atoms with Gasteiger partial charge in [-0.2, -0.15) is 0 Å². The van der Waals surface area contributed by atoms with Crippen LogP contribution in [0, 0.1) is 0 Å². The number of rotatable bonds is 11. The zero-order chi connectivity index (χ0) is 34.2. The first kappa shape index (κ1) is 34.8. The lowest BCUT2D eigenvalue weighted by Gasteiger charge is -2.27. The van der Waals surface area contributed by atoms with Crippen molar-refractivity contribution in [3.8, 4) is 16.9 Å². The first-order chi connectivity index (χ1) is 22.2. The third kappa shape index (κ3) is 10.5. The maximum Gasteiger partial charge on any atom is 0.407 e. The predicted molar refractivity (Wildman–Crippen MR) is 178 cm³/mol. The van der Waals surface area contributed by atoms with Gasteiger partial charge in [0.2, 0.25) is 5.90 Å². The molecule has 0 heterocycles. The van der Waals surface area contributed by atoms with Gasteiger partial charge in [-0.3, -0.25) is 4.79 Å². The Hall–Kier alpha value is -5.06. The van der Waals surface area contributed by atoms with Gasteiger partial charge in [0.1, 0.15) is 36.2 Å². The van der Waals surface area contributed by atoms with Gasteiger partial charge in [-0.15, -0.1) is 0 Å². The highest BCUT2D eigenvalue weighted by Gasteiger charge is 2.31. The molecule has 0 unspecified atom stereocenters. The Morgan fingerprint density at radius 3 is 1.94 bits per heavy atom. The van der Waals surface area contributed by atoms with Gasteiger partial charge < -0.3 is 34.7 Å². The molecular formula is C36H43N3O8. The van der Waals surface area contributed by atoms with Crippen molar-refractivity contribution in [1.82, 2.24) is 10.6 Å². The van der Waals surface area contributed by atoms with E-state index in [1.54, 1.807) is 65.8 Å². The van der Waals surface area contributed by atoms with E-state index in [4.69, 9.17) is 18.9 Å². The van der Waals surface area contributed by atoms with Gasteiger partial charge in [0, 0.05) is 5.92 Å². The second kappa shape index (κ2) is 15.0. The maximum absolute atomic E-state index is 13.1. The summed E-state index contributed by atoms with van der Waals surface area (Å²) in [5, 5.41) is 15.0. The second-order valence-corrected chi connectivity index (χ2v) is 13.1. The topological polar surface area (TPSA) is 145 Å². The van der Waals surface area contributed by atoms with Gasteiger partial charge in [0.25, 0.3) is 0 Å². The number of aliphatic carboxylic acids is 1. The number of nitrogens with one attached hydrogen (secondary N) is 2. The third-order valence-electron chi connectivity index (χ3n) is 6.84. The van der Waals surface area contributed by atoms with Crippen molar-refractivity contribution in [3.63, 3.8) is 0 Å². The summed E-state index contributed by atoms with van der Waals surface area (Å²) in [4.78, 5) is 41.4. The molecule has 4 rings (SSSR count). The monoisotopic (exact) mass is 645 g/mol. The fourth-order valence-corrected chi connectivity index (χ4v) is 5.02. The van der Waals surface area contributed by atoms with E-state index in [-0.39, 0.29) is 31.6 Å². The van der Waals surface area contributed by atoms with Crippen LogP contribution in [0.25, 0.3) is 11.1 Å². The first-order valence-electron chi connectivity index (χ1n) is 15.5. The number of carbonyl (C=O) groups is 3. The molecule has 3 aromatic carbocycles. The molecule has 1 atom stereocenters. The summed E-state index contributed by atoms with van der Waals surface area (Å²) in [6.45, 7) is 11.3. The minimum Gasteiger partial charge on any atom is -0.492 e. The van der Waals surface area contributed by atoms with Crippen LogP contribution >= 0.6 is 0 Å². The molecule has 0 saturated carbocycles. The number of benzene rings is 3. The standard InChI is InChI=1S/C36H43N3O8/c1-35(2,3)46-32(38-23-15-17-24(18-16-23)44-20-19-37-33(42)47-36(4,5)6)30(21-31(40)41)39-34(43)45-22-29-27-13-9-7-11-25(27)26-12-8-10-14-28(26)29/h7-18,29-30H,19-22H2,1-6H3,(H,37,42)(H,39,43)(H,40,41)/t30-/m0/s1. The molecule has 11 heteroatoms. The number of fused-ring (bicyclic) bond motifs is 3. The highest BCUT2D eigenvalue weighted by molar-refractivity contribution is 5.91. The average Bonchev–Trinajstić information content (AvgIpc) is 3.30. The second-order valence-electron chi connectivity index (χ2n) is 13.1. The lowest BCUT2D eigenvalue weighted by atomic mass is 9.98. The first-order valence-corrected chi connectivity index (χ1v) is 15.5. The summed E-state index contributed by atoms with van der Waals surface area (Å²) >= 11 is 0. The molecule has 1 aliphatic carbocycles. The molecule has 47 heavy (non-hydrogen) atoms. The smallest absolute Gasteiger partial charge is 0.407 e. The lowest BCUT2D eigenvalue weighted by Crippen LogP contribution is -2.45. The van der Waals surface area contributed by atoms with Gasteiger partial charge in [0.05, 0.1) is 18.7 Å². The van der Waals surface area contributed by atoms with Crippen LogP contribution in [-0.4, -0.2) is 66.2 Å². The Morgan fingerprint density at radius 1 is 0.809 bits per heavy atom. The van der Waals surface area contributed by atoms with Gasteiger partial charge in [-0.25, -0.2) is 14.6 Å². The quantitative estimate of drug-likeness (QED) is 0.117. The van der Waals surface area contributed by atoms with Crippen molar-refractivity contribution in [2.24, 2.45) is 4.99 Å². The molecule has 1 aliphatic rings. The Balaban J connectivity index is 1.43. The number of hydrogen-bond donors (Lipinski definition) is 3. The van der Waals surface area contributed by atoms with Crippen molar-refractivity contribution >= 4 is 29.7 Å². The van der Waals surface area contributed by atoms with Crippen molar-refractivity contribution < 1.29 is 38.4 Å². The van der Waals surface area contributed by atoms with E-state index in [1.165, 1.54) is 0 Å². The molecule has 3 aromatic rings. The van der Waals surface area contributed by atoms with Crippen molar-refractivity contribution in [3.05, 3.63) is 83.9 Å². The van der Waals surface area contributed by atoms with Gasteiger partial charge >= 0.3 is 18.2 Å². The fourth-order valence-electron chi connectivity index (χ4n) is 5.02. The Kier molecular flexibility index (Phi) is 11.1. The highest BCUT2D eigenvalue weighted by Crippen LogP contribution is 2.44. The van der Waals surface area contributed by atoms with Gasteiger partial charge in [-0.1, -0.05) is 48.5 Å². The van der Waals surface area contributed by atoms with E-state index in [0.29, 0.717) is 11.4 Å². The molecule has 3 N–H and O–H groups in total. The third-order valence-corrected chi connectivity index (χ3v) is 6.84. The van der Waals surface area contributed by atoms with Crippen LogP contribution in [0.4, 0.5) is 15.3 Å². The summed E-state index contributed by atoms with van der Waals surface area (Å²) in [7, 11) is 0. The summed E-state index contributed by atoms with van der Waals surface area (Å²) in [6.07, 6.45) is -1.79. The number of amides is 2. The Bertz CT molecular complexity index is 1540. The molecule has 0 radical (unpaired) electrons. The fraction of sp³-hybridized carbons (Fsp3) is 0.389. The summed E-state index contributed by atoms with van der Waals surface area (Å²) < 4.78 is 22.7. The van der Waals surface area contributed by atoms with Gasteiger partial charge in [0.15, 0.2) is 0 Å². The van der Waals surface area contributed by atoms with Crippen LogP contribution in [0.2, 0.25) is 0 Å². The highest BCUT2D eigenvalue weighted by atomic mass is 16.6. The minimum absolute atomic E-state index is 0.0173. The van der Waals surface area contributed by atoms with Crippen LogP contribution < -0.4 is 15.4 Å². The van der Waals surface area contributed by atoms with E-state index < -0.39 is 41.8 Å². The molecule has 0 aromatic heterocycles. The molecule has 250 valence electrons. The number of carbonyl (C=O) groups excluding carboxylic acids is 2. The number of carboxylic acid groups (broad SMARTS) is 1. The number of ether oxygens (including phenoxy) is 4. The Labute approximate surface area is 275 Å². The van der Waals surface area contributed by atoms with Crippen LogP contribution in [0.15, 0.2) is 77.8 Å². The number of aliphatic imine (C=N–C) groups is 1. The van der Waals surface area contributed by atoms with Crippen molar-refractivity contribution in [2.45, 2.75) is 71.1 Å². The lowest BCUT2D eigenvalue weighted by molar-refractivity contribution is -0.137. The largest absolute Gasteiger partial charge is 0.492 e. The predicted octanol–water partition coefficient (Wildman–Crippen LogP) is 6.82. The normalized spacial score (nSPS) is 13.5. The maximum atomic E-state index is 13.1. The molecule has 0 bridgehead atoms. The van der Waals surface area contributed by atoms with Crippen LogP contribution in [0.1, 0.15) is 65.0 Å². The zero-order valence-electron chi connectivity index (χ0n) is 27.7. The van der Waals surface area contributed by atoms with E-state index in [0.717, 1.165) is 22.3 Å². The SMILES string of the molecule is CC(C)(C)OC(=O)NCCOc1ccc(N=C(OC(C)(C)C)[C@H](CC(=O)O)NC(=O)OCC2c3ccccc3-c3ccccc32)cc1. The number of nitrogens with zero attached hydrogens (tertiary/aromatic N) is 1. The van der Waals surface area contributed by atoms with Crippen molar-refractivity contribution in [1.29, 1.82) is 0 Å².